The van der Waals surface area contributed by atoms with Crippen molar-refractivity contribution >= 4 is 28.9 Å². The number of fused-ring (bicyclic) bond motifs is 1. The molecule has 1 heterocycles. The Hall–Kier alpha value is -3.42. The van der Waals surface area contributed by atoms with Gasteiger partial charge in [0.1, 0.15) is 12.4 Å². The molecule has 0 spiro atoms. The average molecular weight is 397 g/mol. The zero-order valence-corrected chi connectivity index (χ0v) is 16.8. The molecule has 0 atom stereocenters. The molecular weight excluding hydrogens is 374 g/mol. The zero-order valence-electron chi connectivity index (χ0n) is 16.8. The summed E-state index contributed by atoms with van der Waals surface area (Å²) in [7, 11) is 0. The molecule has 152 valence electrons. The van der Waals surface area contributed by atoms with E-state index in [2.05, 4.69) is 5.32 Å². The summed E-state index contributed by atoms with van der Waals surface area (Å²) in [6, 6.07) is 9.40. The first-order valence-electron chi connectivity index (χ1n) is 9.29. The van der Waals surface area contributed by atoms with Crippen molar-refractivity contribution in [1.82, 2.24) is 0 Å². The quantitative estimate of drug-likeness (QED) is 0.622. The number of carbonyl (C=O) groups excluding carboxylic acids is 2. The molecule has 0 fully saturated rings. The highest BCUT2D eigenvalue weighted by molar-refractivity contribution is 6.05. The standard InChI is InChI=1S/C21H23N3O5/c1-5-23-16-9-8-15(11-18(16)29-12-21(3,4)20(23)26)22-19(25)14-7-6-13(2)17(10-14)24(27)28/h6-11H,5,12H2,1-4H3,(H,22,25). The monoisotopic (exact) mass is 397 g/mol. The fourth-order valence-corrected chi connectivity index (χ4v) is 3.19. The Balaban J connectivity index is 1.88. The van der Waals surface area contributed by atoms with Crippen molar-refractivity contribution in [3.05, 3.63) is 57.6 Å². The summed E-state index contributed by atoms with van der Waals surface area (Å²) < 4.78 is 5.86. The molecule has 1 aliphatic heterocycles. The molecule has 8 nitrogen and oxygen atoms in total. The van der Waals surface area contributed by atoms with Gasteiger partial charge in [0.15, 0.2) is 0 Å². The van der Waals surface area contributed by atoms with Gasteiger partial charge in [0, 0.05) is 35.5 Å². The second-order valence-corrected chi connectivity index (χ2v) is 7.62. The first-order chi connectivity index (χ1) is 13.6. The summed E-state index contributed by atoms with van der Waals surface area (Å²) in [6.07, 6.45) is 0. The van der Waals surface area contributed by atoms with Gasteiger partial charge in [0.25, 0.3) is 11.6 Å². The Bertz CT molecular complexity index is 1000. The highest BCUT2D eigenvalue weighted by Crippen LogP contribution is 2.38. The molecule has 0 aromatic heterocycles. The number of ether oxygens (including phenoxy) is 1. The van der Waals surface area contributed by atoms with Crippen LogP contribution in [0, 0.1) is 22.5 Å². The predicted molar refractivity (Wildman–Crippen MR) is 110 cm³/mol. The van der Waals surface area contributed by atoms with E-state index in [9.17, 15) is 19.7 Å². The van der Waals surface area contributed by atoms with Gasteiger partial charge in [-0.05, 0) is 45.9 Å². The van der Waals surface area contributed by atoms with Crippen LogP contribution in [0.2, 0.25) is 0 Å². The minimum Gasteiger partial charge on any atom is -0.490 e. The Kier molecular flexibility index (Phi) is 5.28. The van der Waals surface area contributed by atoms with Crippen LogP contribution in [-0.2, 0) is 4.79 Å². The number of nitrogens with zero attached hydrogens (tertiary/aromatic N) is 2. The van der Waals surface area contributed by atoms with Gasteiger partial charge in [-0.25, -0.2) is 0 Å². The van der Waals surface area contributed by atoms with Crippen LogP contribution in [0.3, 0.4) is 0 Å². The molecule has 2 aromatic carbocycles. The van der Waals surface area contributed by atoms with Crippen LogP contribution in [-0.4, -0.2) is 29.9 Å². The number of anilines is 2. The lowest BCUT2D eigenvalue weighted by Crippen LogP contribution is -2.42. The fraction of sp³-hybridized carbons (Fsp3) is 0.333. The van der Waals surface area contributed by atoms with E-state index in [-0.39, 0.29) is 23.8 Å². The van der Waals surface area contributed by atoms with E-state index in [1.54, 1.807) is 36.1 Å². The number of hydrogen-bond donors (Lipinski definition) is 1. The van der Waals surface area contributed by atoms with Crippen LogP contribution in [0.5, 0.6) is 5.75 Å². The van der Waals surface area contributed by atoms with Crippen LogP contribution in [0.25, 0.3) is 0 Å². The minimum atomic E-state index is -0.667. The highest BCUT2D eigenvalue weighted by atomic mass is 16.6. The average Bonchev–Trinajstić information content (AvgIpc) is 2.76. The molecule has 0 saturated heterocycles. The molecule has 1 aliphatic rings. The molecule has 29 heavy (non-hydrogen) atoms. The molecule has 0 saturated carbocycles. The summed E-state index contributed by atoms with van der Waals surface area (Å²) in [5.74, 6) is 0.00591. The SMILES string of the molecule is CCN1C(=O)C(C)(C)COc2cc(NC(=O)c3ccc(C)c([N+](=O)[O-])c3)ccc21. The predicted octanol–water partition coefficient (Wildman–Crippen LogP) is 3.93. The van der Waals surface area contributed by atoms with E-state index in [0.29, 0.717) is 29.2 Å². The molecule has 0 unspecified atom stereocenters. The van der Waals surface area contributed by atoms with Gasteiger partial charge in [0.05, 0.1) is 16.0 Å². The minimum absolute atomic E-state index is 0.0255. The fourth-order valence-electron chi connectivity index (χ4n) is 3.19. The summed E-state index contributed by atoms with van der Waals surface area (Å²) in [5.41, 5.74) is 1.01. The number of rotatable bonds is 4. The van der Waals surface area contributed by atoms with E-state index in [4.69, 9.17) is 4.74 Å². The van der Waals surface area contributed by atoms with Gasteiger partial charge in [-0.15, -0.1) is 0 Å². The topological polar surface area (TPSA) is 102 Å². The molecular formula is C21H23N3O5. The second-order valence-electron chi connectivity index (χ2n) is 7.62. The maximum absolute atomic E-state index is 12.7. The van der Waals surface area contributed by atoms with Crippen LogP contribution in [0.15, 0.2) is 36.4 Å². The van der Waals surface area contributed by atoms with Crippen LogP contribution in [0.1, 0.15) is 36.7 Å². The van der Waals surface area contributed by atoms with Gasteiger partial charge < -0.3 is 15.0 Å². The van der Waals surface area contributed by atoms with E-state index in [1.807, 2.05) is 20.8 Å². The van der Waals surface area contributed by atoms with Crippen molar-refractivity contribution in [2.24, 2.45) is 5.41 Å². The highest BCUT2D eigenvalue weighted by Gasteiger charge is 2.37. The third-order valence-electron chi connectivity index (χ3n) is 4.91. The summed E-state index contributed by atoms with van der Waals surface area (Å²) in [5, 5.41) is 13.8. The van der Waals surface area contributed by atoms with Gasteiger partial charge >= 0.3 is 0 Å². The Morgan fingerprint density at radius 2 is 2.00 bits per heavy atom. The third kappa shape index (κ3) is 3.91. The van der Waals surface area contributed by atoms with Crippen molar-refractivity contribution < 1.29 is 19.2 Å². The number of nitro groups is 1. The van der Waals surface area contributed by atoms with Crippen LogP contribution >= 0.6 is 0 Å². The summed E-state index contributed by atoms with van der Waals surface area (Å²) in [6.45, 7) is 7.89. The number of nitrogens with one attached hydrogen (secondary N) is 1. The van der Waals surface area contributed by atoms with Gasteiger partial charge in [-0.1, -0.05) is 6.07 Å². The zero-order chi connectivity index (χ0) is 21.3. The van der Waals surface area contributed by atoms with Crippen molar-refractivity contribution in [2.75, 3.05) is 23.4 Å². The molecule has 0 aliphatic carbocycles. The summed E-state index contributed by atoms with van der Waals surface area (Å²) in [4.78, 5) is 37.6. The van der Waals surface area contributed by atoms with Crippen LogP contribution < -0.4 is 15.0 Å². The van der Waals surface area contributed by atoms with Gasteiger partial charge in [-0.3, -0.25) is 19.7 Å². The molecule has 1 N–H and O–H groups in total. The smallest absolute Gasteiger partial charge is 0.273 e. The second kappa shape index (κ2) is 7.54. The molecule has 0 radical (unpaired) electrons. The van der Waals surface area contributed by atoms with Gasteiger partial charge in [-0.2, -0.15) is 0 Å². The first kappa shape index (κ1) is 20.3. The Morgan fingerprint density at radius 3 is 2.66 bits per heavy atom. The van der Waals surface area contributed by atoms with Crippen molar-refractivity contribution in [3.8, 4) is 5.75 Å². The molecule has 2 amide bonds. The summed E-state index contributed by atoms with van der Waals surface area (Å²) >= 11 is 0. The van der Waals surface area contributed by atoms with Crippen LogP contribution in [0.4, 0.5) is 17.1 Å². The Morgan fingerprint density at radius 1 is 1.28 bits per heavy atom. The number of benzene rings is 2. The number of nitro benzene ring substituents is 1. The molecule has 0 bridgehead atoms. The van der Waals surface area contributed by atoms with Crippen molar-refractivity contribution in [1.29, 1.82) is 0 Å². The third-order valence-corrected chi connectivity index (χ3v) is 4.91. The normalized spacial score (nSPS) is 15.2. The van der Waals surface area contributed by atoms with E-state index >= 15 is 0 Å². The maximum Gasteiger partial charge on any atom is 0.273 e. The Labute approximate surface area is 168 Å². The van der Waals surface area contributed by atoms with Crippen molar-refractivity contribution in [3.63, 3.8) is 0 Å². The molecule has 8 heteroatoms. The lowest BCUT2D eigenvalue weighted by Gasteiger charge is -2.26. The van der Waals surface area contributed by atoms with Crippen molar-refractivity contribution in [2.45, 2.75) is 27.7 Å². The maximum atomic E-state index is 12.7. The number of aryl methyl sites for hydroxylation is 1. The molecule has 3 rings (SSSR count). The number of amides is 2. The van der Waals surface area contributed by atoms with E-state index < -0.39 is 16.2 Å². The first-order valence-corrected chi connectivity index (χ1v) is 9.29. The molecule has 2 aromatic rings. The van der Waals surface area contributed by atoms with Gasteiger partial charge in [0.2, 0.25) is 5.91 Å². The largest absolute Gasteiger partial charge is 0.490 e. The number of carbonyl (C=O) groups is 2. The lowest BCUT2D eigenvalue weighted by atomic mass is 9.93. The lowest BCUT2D eigenvalue weighted by molar-refractivity contribution is -0.385. The number of hydrogen-bond acceptors (Lipinski definition) is 5. The van der Waals surface area contributed by atoms with E-state index in [0.717, 1.165) is 0 Å². The van der Waals surface area contributed by atoms with E-state index in [1.165, 1.54) is 12.1 Å².